The van der Waals surface area contributed by atoms with Crippen molar-refractivity contribution in [3.63, 3.8) is 0 Å². The molecule has 2 aliphatic rings. The minimum absolute atomic E-state index is 0.0622. The highest BCUT2D eigenvalue weighted by Crippen LogP contribution is 2.29. The zero-order valence-corrected chi connectivity index (χ0v) is 14.4. The van der Waals surface area contributed by atoms with E-state index in [0.717, 1.165) is 67.8 Å². The predicted octanol–water partition coefficient (Wildman–Crippen LogP) is 2.38. The second kappa shape index (κ2) is 5.90. The Morgan fingerprint density at radius 2 is 2.04 bits per heavy atom. The molecule has 2 fully saturated rings. The monoisotopic (exact) mass is 327 g/mol. The topological polar surface area (TPSA) is 57.4 Å². The van der Waals surface area contributed by atoms with Crippen molar-refractivity contribution in [3.05, 3.63) is 35.0 Å². The number of H-pyrrole nitrogens is 1. The van der Waals surface area contributed by atoms with Crippen molar-refractivity contribution in [1.29, 1.82) is 0 Å². The summed E-state index contributed by atoms with van der Waals surface area (Å²) >= 11 is 0. The summed E-state index contributed by atoms with van der Waals surface area (Å²) in [7, 11) is 0. The number of likely N-dealkylation sites (tertiary alicyclic amines) is 1. The molecule has 24 heavy (non-hydrogen) atoms. The highest BCUT2D eigenvalue weighted by Gasteiger charge is 2.38. The first-order valence-electron chi connectivity index (χ1n) is 8.81. The molecule has 2 N–H and O–H groups in total. The predicted molar refractivity (Wildman–Crippen MR) is 94.5 cm³/mol. The molecule has 128 valence electrons. The van der Waals surface area contributed by atoms with Gasteiger partial charge in [0, 0.05) is 48.3 Å². The molecular weight excluding hydrogens is 302 g/mol. The van der Waals surface area contributed by atoms with Crippen LogP contribution in [0.3, 0.4) is 0 Å². The number of piperidine rings is 1. The molecule has 1 spiro atoms. The van der Waals surface area contributed by atoms with Crippen LogP contribution in [0.1, 0.15) is 34.5 Å². The van der Waals surface area contributed by atoms with E-state index in [1.54, 1.807) is 0 Å². The Hall–Kier alpha value is -1.85. The second-order valence-corrected chi connectivity index (χ2v) is 7.14. The van der Waals surface area contributed by atoms with E-state index in [1.165, 1.54) is 5.56 Å². The minimum atomic E-state index is -0.0622. The first-order valence-corrected chi connectivity index (χ1v) is 8.81. The molecule has 3 heterocycles. The number of nitrogens with one attached hydrogen (secondary N) is 2. The van der Waals surface area contributed by atoms with Gasteiger partial charge in [-0.25, -0.2) is 0 Å². The van der Waals surface area contributed by atoms with E-state index in [9.17, 15) is 4.79 Å². The van der Waals surface area contributed by atoms with Crippen LogP contribution < -0.4 is 5.32 Å². The van der Waals surface area contributed by atoms with Gasteiger partial charge in [0.2, 0.25) is 0 Å². The standard InChI is InChI=1S/C19H25N3O2/c1-13-14(2)21-17-4-3-15(11-16(13)17)18(23)22-8-5-19(6-9-22)12-20-7-10-24-19/h3-4,11,20-21H,5-10,12H2,1-2H3. The normalized spacial score (nSPS) is 20.7. The lowest BCUT2D eigenvalue weighted by molar-refractivity contribution is -0.0954. The van der Waals surface area contributed by atoms with E-state index >= 15 is 0 Å². The number of carbonyl (C=O) groups is 1. The number of ether oxygens (including phenoxy) is 1. The van der Waals surface area contributed by atoms with Crippen LogP contribution in [0.5, 0.6) is 0 Å². The molecule has 1 amide bonds. The third-order valence-corrected chi connectivity index (χ3v) is 5.65. The summed E-state index contributed by atoms with van der Waals surface area (Å²) < 4.78 is 6.01. The molecule has 5 nitrogen and oxygen atoms in total. The molecule has 0 saturated carbocycles. The lowest BCUT2D eigenvalue weighted by Crippen LogP contribution is -2.56. The molecule has 0 radical (unpaired) electrons. The zero-order valence-electron chi connectivity index (χ0n) is 14.4. The third kappa shape index (κ3) is 2.62. The number of benzene rings is 1. The first kappa shape index (κ1) is 15.7. The van der Waals surface area contributed by atoms with Gasteiger partial charge in [-0.2, -0.15) is 0 Å². The molecular formula is C19H25N3O2. The summed E-state index contributed by atoms with van der Waals surface area (Å²) in [6.45, 7) is 8.31. The summed E-state index contributed by atoms with van der Waals surface area (Å²) in [5.74, 6) is 0.133. The highest BCUT2D eigenvalue weighted by atomic mass is 16.5. The van der Waals surface area contributed by atoms with Gasteiger partial charge in [0.05, 0.1) is 12.2 Å². The van der Waals surface area contributed by atoms with E-state index in [1.807, 2.05) is 23.1 Å². The number of amides is 1. The Bertz CT molecular complexity index is 764. The molecule has 5 heteroatoms. The summed E-state index contributed by atoms with van der Waals surface area (Å²) in [6.07, 6.45) is 1.83. The van der Waals surface area contributed by atoms with Crippen molar-refractivity contribution in [3.8, 4) is 0 Å². The fraction of sp³-hybridized carbons (Fsp3) is 0.526. The average molecular weight is 327 g/mol. The quantitative estimate of drug-likeness (QED) is 0.845. The van der Waals surface area contributed by atoms with Crippen molar-refractivity contribution in [2.24, 2.45) is 0 Å². The maximum absolute atomic E-state index is 12.9. The van der Waals surface area contributed by atoms with E-state index in [4.69, 9.17) is 4.74 Å². The number of hydrogen-bond acceptors (Lipinski definition) is 3. The van der Waals surface area contributed by atoms with Gasteiger partial charge in [-0.1, -0.05) is 0 Å². The second-order valence-electron chi connectivity index (χ2n) is 7.14. The smallest absolute Gasteiger partial charge is 0.253 e. The molecule has 2 aliphatic heterocycles. The summed E-state index contributed by atoms with van der Waals surface area (Å²) in [6, 6.07) is 5.98. The van der Waals surface area contributed by atoms with Gasteiger partial charge in [-0.05, 0) is 50.5 Å². The van der Waals surface area contributed by atoms with Gasteiger partial charge < -0.3 is 19.9 Å². The molecule has 0 aliphatic carbocycles. The van der Waals surface area contributed by atoms with Crippen molar-refractivity contribution in [2.45, 2.75) is 32.3 Å². The molecule has 1 aromatic carbocycles. The summed E-state index contributed by atoms with van der Waals surface area (Å²) in [4.78, 5) is 18.2. The van der Waals surface area contributed by atoms with Crippen LogP contribution in [0.2, 0.25) is 0 Å². The Kier molecular flexibility index (Phi) is 3.85. The van der Waals surface area contributed by atoms with Crippen molar-refractivity contribution in [2.75, 3.05) is 32.8 Å². The van der Waals surface area contributed by atoms with E-state index in [2.05, 4.69) is 24.1 Å². The third-order valence-electron chi connectivity index (χ3n) is 5.65. The van der Waals surface area contributed by atoms with E-state index in [-0.39, 0.29) is 11.5 Å². The number of aromatic nitrogens is 1. The van der Waals surface area contributed by atoms with Crippen LogP contribution in [0.4, 0.5) is 0 Å². The number of nitrogens with zero attached hydrogens (tertiary/aromatic N) is 1. The Balaban J connectivity index is 1.51. The molecule has 0 unspecified atom stereocenters. The Morgan fingerprint density at radius 3 is 2.75 bits per heavy atom. The van der Waals surface area contributed by atoms with Gasteiger partial charge in [0.1, 0.15) is 0 Å². The maximum atomic E-state index is 12.9. The first-order chi connectivity index (χ1) is 11.6. The molecule has 1 aromatic heterocycles. The largest absolute Gasteiger partial charge is 0.372 e. The number of fused-ring (bicyclic) bond motifs is 1. The fourth-order valence-electron chi connectivity index (χ4n) is 3.92. The molecule has 0 atom stereocenters. The number of rotatable bonds is 1. The lowest BCUT2D eigenvalue weighted by atomic mass is 9.89. The van der Waals surface area contributed by atoms with Crippen molar-refractivity contribution in [1.82, 2.24) is 15.2 Å². The lowest BCUT2D eigenvalue weighted by Gasteiger charge is -2.44. The van der Waals surface area contributed by atoms with Gasteiger partial charge in [-0.3, -0.25) is 4.79 Å². The van der Waals surface area contributed by atoms with E-state index < -0.39 is 0 Å². The number of carbonyl (C=O) groups excluding carboxylic acids is 1. The Morgan fingerprint density at radius 1 is 1.25 bits per heavy atom. The molecule has 4 rings (SSSR count). The highest BCUT2D eigenvalue weighted by molar-refractivity contribution is 5.99. The van der Waals surface area contributed by atoms with Gasteiger partial charge >= 0.3 is 0 Å². The van der Waals surface area contributed by atoms with Gasteiger partial charge in [-0.15, -0.1) is 0 Å². The van der Waals surface area contributed by atoms with Crippen LogP contribution in [-0.2, 0) is 4.74 Å². The Labute approximate surface area is 142 Å². The average Bonchev–Trinajstić information content (AvgIpc) is 2.90. The zero-order chi connectivity index (χ0) is 16.7. The maximum Gasteiger partial charge on any atom is 0.253 e. The van der Waals surface area contributed by atoms with Crippen LogP contribution in [0.15, 0.2) is 18.2 Å². The number of aryl methyl sites for hydroxylation is 2. The van der Waals surface area contributed by atoms with E-state index in [0.29, 0.717) is 0 Å². The van der Waals surface area contributed by atoms with Crippen LogP contribution in [0, 0.1) is 13.8 Å². The van der Waals surface area contributed by atoms with Gasteiger partial charge in [0.25, 0.3) is 5.91 Å². The number of aromatic amines is 1. The molecule has 2 aromatic rings. The number of hydrogen-bond donors (Lipinski definition) is 2. The molecule has 0 bridgehead atoms. The summed E-state index contributed by atoms with van der Waals surface area (Å²) in [5, 5.41) is 4.56. The van der Waals surface area contributed by atoms with Crippen LogP contribution in [0.25, 0.3) is 10.9 Å². The molecule has 2 saturated heterocycles. The summed E-state index contributed by atoms with van der Waals surface area (Å²) in [5.41, 5.74) is 4.20. The van der Waals surface area contributed by atoms with Crippen LogP contribution in [-0.4, -0.2) is 54.2 Å². The van der Waals surface area contributed by atoms with Crippen LogP contribution >= 0.6 is 0 Å². The van der Waals surface area contributed by atoms with Crippen molar-refractivity contribution >= 4 is 16.8 Å². The SMILES string of the molecule is Cc1[nH]c2ccc(C(=O)N3CCC4(CC3)CNCCO4)cc2c1C. The van der Waals surface area contributed by atoms with Crippen molar-refractivity contribution < 1.29 is 9.53 Å². The minimum Gasteiger partial charge on any atom is -0.372 e. The van der Waals surface area contributed by atoms with Gasteiger partial charge in [0.15, 0.2) is 0 Å². The number of morpholine rings is 1. The fourth-order valence-corrected chi connectivity index (χ4v) is 3.92.